The SMILES string of the molecule is COc1cc2cc(c1Cl)N(C)C(=O)[C@H](OC(=O)[C@H](C)N(C)C(=O)CCSSCCC(=O)N[C@H](Cc1ccccc1)C(=O)N[C@H]1CSSC[C@@H](C(=O)N[C@H](CO)[C@@H](C)O)NC(=O)[C@H]([C@@H](C)O)NC(=O)[C@H](CCCCN)NC(=O)[C@@H](CC3=CCc4ccccc43)NC(=O)[C@H](Cc3ccccc3)CC1=O)[C@]1(C)O[C@H]1[C@H](C)[C@@H]1C[C@@](O)(NC(=O)O1)[C@H](OC)/C=C/C=C(\C)C2. The van der Waals surface area contributed by atoms with Crippen molar-refractivity contribution in [1.29, 1.82) is 0 Å². The predicted octanol–water partition coefficient (Wildman–Crippen LogP) is 5.05. The molecule has 125 heavy (non-hydrogen) atoms. The number of esters is 1. The van der Waals surface area contributed by atoms with Gasteiger partial charge in [0.05, 0.1) is 49.8 Å². The van der Waals surface area contributed by atoms with Crippen LogP contribution in [0.1, 0.15) is 121 Å². The van der Waals surface area contributed by atoms with Crippen LogP contribution >= 0.6 is 54.8 Å². The minimum atomic E-state index is -1.95. The van der Waals surface area contributed by atoms with Crippen molar-refractivity contribution in [3.05, 3.63) is 160 Å². The lowest BCUT2D eigenvalue weighted by molar-refractivity contribution is -0.165. The summed E-state index contributed by atoms with van der Waals surface area (Å²) in [4.78, 5) is 178. The number of nitrogens with two attached hydrogens (primary N) is 1. The molecule has 680 valence electrons. The highest BCUT2D eigenvalue weighted by Crippen LogP contribution is 2.49. The minimum Gasteiger partial charge on any atom is -0.495 e. The Hall–Kier alpha value is -9.05. The number of likely N-dealkylation sites (N-methyl/N-ethyl adjacent to an activating group) is 2. The number of epoxide rings is 1. The van der Waals surface area contributed by atoms with Crippen LogP contribution in [-0.2, 0) is 97.4 Å². The number of ether oxygens (including phenoxy) is 5. The van der Waals surface area contributed by atoms with Crippen molar-refractivity contribution >= 4 is 137 Å². The largest absolute Gasteiger partial charge is 0.495 e. The fourth-order valence-electron chi connectivity index (χ4n) is 15.2. The zero-order valence-electron chi connectivity index (χ0n) is 71.7. The summed E-state index contributed by atoms with van der Waals surface area (Å²) in [7, 11) is 10.2. The molecule has 5 aliphatic rings. The van der Waals surface area contributed by atoms with Crippen molar-refractivity contribution in [2.24, 2.45) is 17.6 Å². The first-order valence-electron chi connectivity index (χ1n) is 41.6. The second kappa shape index (κ2) is 47.1. The monoisotopic (exact) mass is 1830 g/mol. The number of amides is 10. The van der Waals surface area contributed by atoms with Gasteiger partial charge >= 0.3 is 12.1 Å². The summed E-state index contributed by atoms with van der Waals surface area (Å²) >= 11 is 6.94. The Bertz CT molecular complexity index is 4570. The molecule has 4 bridgehead atoms. The third kappa shape index (κ3) is 27.5. The number of Topliss-reactive ketones (excluding diaryl/α,β-unsaturated/α-hetero) is 1. The van der Waals surface area contributed by atoms with Crippen LogP contribution in [0.15, 0.2) is 127 Å². The summed E-state index contributed by atoms with van der Waals surface area (Å²) in [6, 6.07) is 17.3. The lowest BCUT2D eigenvalue weighted by Gasteiger charge is -2.42. The molecule has 0 unspecified atom stereocenters. The standard InChI is InChI=1S/C88H116ClN11O21S4/c1-49-22-21-30-71(118-10)88(116)45-70(119-86(115)98-88)50(2)76-87(6,121-76)77(84(113)100(8)67-41-56(38-49)42-69(117-9)74(67)89)120-85(114)51(3)99(7)73(106)34-37-123-122-36-33-72(105)91-62(40-55-25-15-12-16-26-55)80(109)95-65-47-124-125-48-66(82(111)94-64(46-101)52(4)102)96-83(112)75(53(5)103)97-79(108)61(29-19-20-35-90)92-81(110)63(43-58-32-31-57-27-17-18-28-60(57)58)93-78(107)59(44-68(65)104)39-54-23-13-11-14-24-54/h11-18,21-28,30,32,41-42,50-53,59,61-66,70-71,75-77,101-103,116H,19-20,29,31,33-40,43-48,90H2,1-10H3,(H,91,105)(H,92,110)(H,93,107)(H,94,111)(H,95,109)(H,96,112)(H,97,108)(H,98,115)/b30-21+,49-22+/t50-,51+,52-,53-,59-,61+,62-,63-,64-,65+,66+,70+,71-,75+,76+,77+,87-,88+/m1/s1. The van der Waals surface area contributed by atoms with Gasteiger partial charge in [0.15, 0.2) is 11.5 Å². The molecule has 10 amide bonds. The third-order valence-corrected chi connectivity index (χ3v) is 28.0. The average molecular weight is 1830 g/mol. The van der Waals surface area contributed by atoms with Gasteiger partial charge in [0.1, 0.15) is 64.8 Å². The van der Waals surface area contributed by atoms with E-state index in [1.165, 1.54) is 80.5 Å². The van der Waals surface area contributed by atoms with Crippen molar-refractivity contribution in [2.45, 2.75) is 215 Å². The molecule has 18 atom stereocenters. The van der Waals surface area contributed by atoms with E-state index in [9.17, 15) is 54.0 Å². The number of unbranched alkanes of at least 4 members (excludes halogenated alkanes) is 1. The number of anilines is 1. The van der Waals surface area contributed by atoms with Gasteiger partial charge in [-0.25, -0.2) is 9.59 Å². The summed E-state index contributed by atoms with van der Waals surface area (Å²) in [5.41, 5.74) is 7.91. The molecular formula is C88H116ClN11O21S4. The van der Waals surface area contributed by atoms with Gasteiger partial charge in [-0.05, 0) is 125 Å². The Balaban J connectivity index is 0.906. The average Bonchev–Trinajstić information content (AvgIpc) is 1.56. The van der Waals surface area contributed by atoms with Crippen molar-refractivity contribution in [2.75, 3.05) is 69.4 Å². The van der Waals surface area contributed by atoms with Crippen molar-refractivity contribution < 1.29 is 102 Å². The quantitative estimate of drug-likeness (QED) is 0.0141. The second-order valence-corrected chi connectivity index (χ2v) is 37.8. The number of carbonyl (C=O) groups excluding carboxylic acids is 12. The topological polar surface area (TPSA) is 464 Å². The lowest BCUT2D eigenvalue weighted by atomic mass is 9.84. The molecule has 0 saturated carbocycles. The number of aliphatic hydroxyl groups excluding tert-OH is 3. The summed E-state index contributed by atoms with van der Waals surface area (Å²) in [6.45, 7) is 8.68. The normalized spacial score (nSPS) is 26.7. The van der Waals surface area contributed by atoms with Gasteiger partial charge in [-0.2, -0.15) is 0 Å². The number of hydrogen-bond donors (Lipinski definition) is 13. The molecule has 3 fully saturated rings. The number of nitrogens with one attached hydrogen (secondary N) is 8. The van der Waals surface area contributed by atoms with Crippen LogP contribution in [0.4, 0.5) is 10.5 Å². The molecule has 0 spiro atoms. The van der Waals surface area contributed by atoms with E-state index in [1.54, 1.807) is 105 Å². The molecule has 9 rings (SSSR count). The van der Waals surface area contributed by atoms with Crippen LogP contribution in [0.25, 0.3) is 5.57 Å². The fraction of sp³-hybridized carbons (Fsp3) is 0.523. The Morgan fingerprint density at radius 1 is 0.824 bits per heavy atom. The Morgan fingerprint density at radius 2 is 1.49 bits per heavy atom. The molecule has 4 aromatic rings. The molecule has 4 aliphatic heterocycles. The number of fused-ring (bicyclic) bond motifs is 6. The van der Waals surface area contributed by atoms with E-state index in [2.05, 4.69) is 42.5 Å². The van der Waals surface area contributed by atoms with Gasteiger partial charge in [-0.15, -0.1) is 0 Å². The number of hydrogen-bond acceptors (Lipinski definition) is 26. The van der Waals surface area contributed by atoms with E-state index in [1.807, 2.05) is 37.3 Å². The molecule has 1 aliphatic carbocycles. The van der Waals surface area contributed by atoms with Gasteiger partial charge in [0.25, 0.3) is 5.91 Å². The number of allylic oxidation sites excluding steroid dienone is 4. The number of ketones is 1. The molecule has 0 radical (unpaired) electrons. The van der Waals surface area contributed by atoms with Gasteiger partial charge in [0.2, 0.25) is 53.4 Å². The van der Waals surface area contributed by atoms with Gasteiger partial charge < -0.3 is 96.9 Å². The highest BCUT2D eigenvalue weighted by atomic mass is 35.5. The molecule has 32 nitrogen and oxygen atoms in total. The van der Waals surface area contributed by atoms with Crippen molar-refractivity contribution in [1.82, 2.24) is 47.4 Å². The Kier molecular flexibility index (Phi) is 37.6. The van der Waals surface area contributed by atoms with E-state index < -0.39 is 192 Å². The molecule has 3 saturated heterocycles. The van der Waals surface area contributed by atoms with Crippen LogP contribution < -0.4 is 57.9 Å². The van der Waals surface area contributed by atoms with Gasteiger partial charge in [0, 0.05) is 94.6 Å². The van der Waals surface area contributed by atoms with E-state index >= 15 is 24.0 Å². The number of halogens is 1. The molecule has 0 aromatic heterocycles. The van der Waals surface area contributed by atoms with Crippen LogP contribution in [0.2, 0.25) is 5.02 Å². The van der Waals surface area contributed by atoms with Gasteiger partial charge in [-0.1, -0.05) is 177 Å². The van der Waals surface area contributed by atoms with Crippen LogP contribution in [0.5, 0.6) is 5.75 Å². The molecule has 4 heterocycles. The zero-order valence-corrected chi connectivity index (χ0v) is 75.7. The van der Waals surface area contributed by atoms with E-state index in [-0.39, 0.29) is 91.0 Å². The second-order valence-electron chi connectivity index (χ2n) is 32.2. The van der Waals surface area contributed by atoms with E-state index in [0.29, 0.717) is 47.9 Å². The summed E-state index contributed by atoms with van der Waals surface area (Å²) in [5.74, 6) is -10.4. The summed E-state index contributed by atoms with van der Waals surface area (Å²) in [5, 5.41) is 65.5. The number of rotatable bonds is 30. The number of carbonyl (C=O) groups is 12. The number of nitrogens with zero attached hydrogens (tertiary/aromatic N) is 2. The zero-order chi connectivity index (χ0) is 91.0. The van der Waals surface area contributed by atoms with Crippen molar-refractivity contribution in [3.63, 3.8) is 0 Å². The Labute approximate surface area is 748 Å². The van der Waals surface area contributed by atoms with E-state index in [4.69, 9.17) is 41.0 Å². The molecular weight excluding hydrogens is 1710 g/mol. The minimum absolute atomic E-state index is 0.00852. The van der Waals surface area contributed by atoms with Crippen LogP contribution in [0.3, 0.4) is 0 Å². The number of benzene rings is 4. The van der Waals surface area contributed by atoms with E-state index in [0.717, 1.165) is 38.3 Å². The lowest BCUT2D eigenvalue weighted by Crippen LogP contribution is -2.63. The molecule has 14 N–H and O–H groups in total. The number of methoxy groups -OCH3 is 2. The molecule has 37 heteroatoms. The maximum absolute atomic E-state index is 15.4. The highest BCUT2D eigenvalue weighted by molar-refractivity contribution is 8.77. The molecule has 4 aromatic carbocycles. The summed E-state index contributed by atoms with van der Waals surface area (Å²) in [6.07, 6.45) is -0.913. The predicted molar refractivity (Wildman–Crippen MR) is 478 cm³/mol. The van der Waals surface area contributed by atoms with Crippen LogP contribution in [0, 0.1) is 11.8 Å². The maximum Gasteiger partial charge on any atom is 0.409 e. The first-order valence-corrected chi connectivity index (χ1v) is 47.0. The first-order chi connectivity index (χ1) is 59.6. The number of aliphatic hydroxyl groups is 4. The third-order valence-electron chi connectivity index (χ3n) is 22.8. The number of alkyl carbamates (subject to hydrolysis) is 1. The fourth-order valence-corrected chi connectivity index (χ4v) is 19.9. The maximum atomic E-state index is 15.4. The van der Waals surface area contributed by atoms with Gasteiger partial charge in [-0.3, -0.25) is 53.3 Å². The first kappa shape index (κ1) is 99.7. The van der Waals surface area contributed by atoms with Crippen LogP contribution in [-0.4, -0.2) is 257 Å². The summed E-state index contributed by atoms with van der Waals surface area (Å²) < 4.78 is 29.6. The highest BCUT2D eigenvalue weighted by Gasteiger charge is 2.67. The smallest absolute Gasteiger partial charge is 0.409 e. The Morgan fingerprint density at radius 3 is 2.16 bits per heavy atom. The van der Waals surface area contributed by atoms with Crippen molar-refractivity contribution in [3.8, 4) is 5.75 Å².